The fraction of sp³-hybridized carbons (Fsp3) is 0.280. The van der Waals surface area contributed by atoms with Crippen LogP contribution in [0.25, 0.3) is 16.0 Å². The summed E-state index contributed by atoms with van der Waals surface area (Å²) in [6.45, 7) is 3.59. The molecule has 2 aromatic heterocycles. The SMILES string of the molecule is C[C@@H](Oc1cc(-n2cnc3cc(F)c(Cl)cc32)sc1C(=O)O)c1cccc(OC2CCNCC2)c1Cl. The standard InChI is InChI=1S/C25H22Cl2FN3O4S/c1-13(15-3-2-4-20(23(15)27)35-14-5-7-29-8-6-14)34-21-11-22(36-24(21)25(32)33)31-12-30-18-10-17(28)16(26)9-19(18)31/h2-4,9-14,29H,5-8H2,1H3,(H,32,33)/t13-/m1/s1. The fourth-order valence-electron chi connectivity index (χ4n) is 4.18. The molecule has 1 fully saturated rings. The Bertz CT molecular complexity index is 1430. The second kappa shape index (κ2) is 10.3. The highest BCUT2D eigenvalue weighted by atomic mass is 35.5. The highest BCUT2D eigenvalue weighted by molar-refractivity contribution is 7.16. The zero-order valence-corrected chi connectivity index (χ0v) is 21.5. The van der Waals surface area contributed by atoms with Crippen molar-refractivity contribution < 1.29 is 23.8 Å². The van der Waals surface area contributed by atoms with Crippen LogP contribution in [0.3, 0.4) is 0 Å². The zero-order chi connectivity index (χ0) is 25.4. The van der Waals surface area contributed by atoms with Gasteiger partial charge in [0.1, 0.15) is 40.9 Å². The number of carbonyl (C=O) groups is 1. The molecule has 7 nitrogen and oxygen atoms in total. The highest BCUT2D eigenvalue weighted by Gasteiger charge is 2.24. The Balaban J connectivity index is 1.43. The number of carboxylic acids is 1. The molecule has 1 saturated heterocycles. The van der Waals surface area contributed by atoms with E-state index in [4.69, 9.17) is 32.7 Å². The number of benzene rings is 2. The smallest absolute Gasteiger partial charge is 0.349 e. The lowest BCUT2D eigenvalue weighted by molar-refractivity contribution is 0.0695. The number of imidazole rings is 1. The van der Waals surface area contributed by atoms with Gasteiger partial charge in [0.15, 0.2) is 4.88 Å². The lowest BCUT2D eigenvalue weighted by atomic mass is 10.1. The molecule has 36 heavy (non-hydrogen) atoms. The van der Waals surface area contributed by atoms with Crippen LogP contribution in [-0.2, 0) is 0 Å². The molecule has 1 atom stereocenters. The number of fused-ring (bicyclic) bond motifs is 1. The number of thiophene rings is 1. The van der Waals surface area contributed by atoms with Crippen molar-refractivity contribution in [3.8, 4) is 16.5 Å². The predicted molar refractivity (Wildman–Crippen MR) is 138 cm³/mol. The summed E-state index contributed by atoms with van der Waals surface area (Å²) >= 11 is 13.7. The van der Waals surface area contributed by atoms with Crippen molar-refractivity contribution in [2.75, 3.05) is 13.1 Å². The topological polar surface area (TPSA) is 85.6 Å². The van der Waals surface area contributed by atoms with Gasteiger partial charge in [0.25, 0.3) is 0 Å². The van der Waals surface area contributed by atoms with E-state index in [-0.39, 0.29) is 21.8 Å². The molecule has 4 aromatic rings. The van der Waals surface area contributed by atoms with Gasteiger partial charge in [-0.2, -0.15) is 0 Å². The Morgan fingerprint density at radius 3 is 2.78 bits per heavy atom. The van der Waals surface area contributed by atoms with Gasteiger partial charge in [-0.15, -0.1) is 11.3 Å². The molecule has 11 heteroatoms. The molecular formula is C25H22Cl2FN3O4S. The van der Waals surface area contributed by atoms with Crippen molar-refractivity contribution in [3.63, 3.8) is 0 Å². The first-order valence-electron chi connectivity index (χ1n) is 11.3. The molecule has 1 aliphatic rings. The van der Waals surface area contributed by atoms with Gasteiger partial charge in [-0.1, -0.05) is 35.3 Å². The van der Waals surface area contributed by atoms with Crippen LogP contribution >= 0.6 is 34.5 Å². The first kappa shape index (κ1) is 24.8. The number of piperidine rings is 1. The number of rotatable bonds is 7. The van der Waals surface area contributed by atoms with Crippen LogP contribution in [0.5, 0.6) is 11.5 Å². The van der Waals surface area contributed by atoms with Crippen LogP contribution in [0, 0.1) is 5.82 Å². The van der Waals surface area contributed by atoms with E-state index in [9.17, 15) is 14.3 Å². The van der Waals surface area contributed by atoms with Gasteiger partial charge in [-0.25, -0.2) is 14.2 Å². The van der Waals surface area contributed by atoms with Crippen molar-refractivity contribution in [1.29, 1.82) is 0 Å². The van der Waals surface area contributed by atoms with Crippen LogP contribution < -0.4 is 14.8 Å². The third kappa shape index (κ3) is 4.88. The summed E-state index contributed by atoms with van der Waals surface area (Å²) in [7, 11) is 0. The molecule has 0 aliphatic carbocycles. The Kier molecular flexibility index (Phi) is 7.07. The number of ether oxygens (including phenoxy) is 2. The lowest BCUT2D eigenvalue weighted by Gasteiger charge is -2.25. The molecule has 0 radical (unpaired) electrons. The first-order valence-corrected chi connectivity index (χ1v) is 12.9. The molecule has 0 amide bonds. The minimum atomic E-state index is -1.13. The first-order chi connectivity index (χ1) is 17.3. The van der Waals surface area contributed by atoms with Crippen LogP contribution in [-0.4, -0.2) is 39.8 Å². The molecule has 0 saturated carbocycles. The normalized spacial score (nSPS) is 15.2. The van der Waals surface area contributed by atoms with E-state index < -0.39 is 17.9 Å². The maximum Gasteiger partial charge on any atom is 0.349 e. The molecule has 1 aliphatic heterocycles. The molecule has 188 valence electrons. The summed E-state index contributed by atoms with van der Waals surface area (Å²) in [5.74, 6) is -0.940. The molecule has 5 rings (SSSR count). The van der Waals surface area contributed by atoms with E-state index in [1.165, 1.54) is 18.5 Å². The quantitative estimate of drug-likeness (QED) is 0.273. The second-order valence-corrected chi connectivity index (χ2v) is 10.3. The molecule has 2 N–H and O–H groups in total. The number of nitrogens with zero attached hydrogens (tertiary/aromatic N) is 2. The predicted octanol–water partition coefficient (Wildman–Crippen LogP) is 6.50. The van der Waals surface area contributed by atoms with E-state index >= 15 is 0 Å². The van der Waals surface area contributed by atoms with Crippen LogP contribution in [0.15, 0.2) is 42.7 Å². The number of hydrogen-bond acceptors (Lipinski definition) is 6. The van der Waals surface area contributed by atoms with Crippen molar-refractivity contribution in [3.05, 3.63) is 69.0 Å². The van der Waals surface area contributed by atoms with Crippen molar-refractivity contribution in [1.82, 2.24) is 14.9 Å². The van der Waals surface area contributed by atoms with Crippen LogP contribution in [0.2, 0.25) is 10.0 Å². The van der Waals surface area contributed by atoms with E-state index in [0.29, 0.717) is 32.4 Å². The van der Waals surface area contributed by atoms with E-state index in [2.05, 4.69) is 10.3 Å². The largest absolute Gasteiger partial charge is 0.489 e. The minimum Gasteiger partial charge on any atom is -0.489 e. The number of aromatic carboxylic acids is 1. The summed E-state index contributed by atoms with van der Waals surface area (Å²) in [5, 5.41) is 14.0. The Morgan fingerprint density at radius 1 is 1.25 bits per heavy atom. The maximum absolute atomic E-state index is 13.8. The van der Waals surface area contributed by atoms with Crippen LogP contribution in [0.1, 0.15) is 41.1 Å². The van der Waals surface area contributed by atoms with Gasteiger partial charge in [0.2, 0.25) is 0 Å². The number of nitrogens with one attached hydrogen (secondary N) is 1. The highest BCUT2D eigenvalue weighted by Crippen LogP contribution is 2.39. The zero-order valence-electron chi connectivity index (χ0n) is 19.1. The summed E-state index contributed by atoms with van der Waals surface area (Å²) < 4.78 is 27.7. The molecule has 2 aromatic carbocycles. The third-order valence-corrected chi connectivity index (χ3v) is 7.82. The number of aromatic nitrogens is 2. The van der Waals surface area contributed by atoms with Gasteiger partial charge in [0.05, 0.1) is 21.1 Å². The summed E-state index contributed by atoms with van der Waals surface area (Å²) in [4.78, 5) is 16.2. The number of carboxylic acid groups (broad SMARTS) is 1. The summed E-state index contributed by atoms with van der Waals surface area (Å²) in [6.07, 6.45) is 2.81. The van der Waals surface area contributed by atoms with Crippen LogP contribution in [0.4, 0.5) is 4.39 Å². The summed E-state index contributed by atoms with van der Waals surface area (Å²) in [6, 6.07) is 9.80. The van der Waals surface area contributed by atoms with Gasteiger partial charge in [-0.3, -0.25) is 4.57 Å². The van der Waals surface area contributed by atoms with Gasteiger partial charge in [0, 0.05) is 17.7 Å². The Hall–Kier alpha value is -2.85. The van der Waals surface area contributed by atoms with Crippen molar-refractivity contribution in [2.24, 2.45) is 0 Å². The monoisotopic (exact) mass is 549 g/mol. The number of hydrogen-bond donors (Lipinski definition) is 2. The van der Waals surface area contributed by atoms with E-state index in [0.717, 1.165) is 37.3 Å². The third-order valence-electron chi connectivity index (χ3n) is 6.02. The maximum atomic E-state index is 13.8. The Morgan fingerprint density at radius 2 is 2.03 bits per heavy atom. The fourth-order valence-corrected chi connectivity index (χ4v) is 5.57. The second-order valence-electron chi connectivity index (χ2n) is 8.44. The summed E-state index contributed by atoms with van der Waals surface area (Å²) in [5.41, 5.74) is 1.63. The molecule has 0 spiro atoms. The van der Waals surface area contributed by atoms with Gasteiger partial charge < -0.3 is 19.9 Å². The molecule has 0 bridgehead atoms. The molecule has 3 heterocycles. The van der Waals surface area contributed by atoms with E-state index in [1.807, 2.05) is 18.2 Å². The van der Waals surface area contributed by atoms with Gasteiger partial charge >= 0.3 is 5.97 Å². The van der Waals surface area contributed by atoms with E-state index in [1.54, 1.807) is 17.6 Å². The average molecular weight is 550 g/mol. The average Bonchev–Trinajstić information content (AvgIpc) is 3.45. The minimum absolute atomic E-state index is 0.0186. The molecular weight excluding hydrogens is 528 g/mol. The molecule has 0 unspecified atom stereocenters. The lowest BCUT2D eigenvalue weighted by Crippen LogP contribution is -2.34. The van der Waals surface area contributed by atoms with Crippen molar-refractivity contribution >= 4 is 51.5 Å². The number of halogens is 3. The van der Waals surface area contributed by atoms with Crippen molar-refractivity contribution in [2.45, 2.75) is 32.0 Å². The van der Waals surface area contributed by atoms with Gasteiger partial charge in [-0.05, 0) is 45.0 Å². The Labute approximate surface area is 220 Å².